The highest BCUT2D eigenvalue weighted by atomic mass is 16.2. The van der Waals surface area contributed by atoms with Crippen LogP contribution in [0.1, 0.15) is 14.4 Å². The summed E-state index contributed by atoms with van der Waals surface area (Å²) >= 11 is 0. The van der Waals surface area contributed by atoms with E-state index in [0.29, 0.717) is 6.54 Å². The molecule has 2 rings (SSSR count). The van der Waals surface area contributed by atoms with Crippen molar-refractivity contribution in [2.75, 3.05) is 39.8 Å². The number of amides is 1. The van der Waals surface area contributed by atoms with Gasteiger partial charge in [-0.1, -0.05) is 7.43 Å². The summed E-state index contributed by atoms with van der Waals surface area (Å²) in [5.74, 6) is 0.0819. The van der Waals surface area contributed by atoms with E-state index >= 15 is 0 Å². The summed E-state index contributed by atoms with van der Waals surface area (Å²) in [6, 6.07) is 0. The van der Waals surface area contributed by atoms with Crippen LogP contribution in [0.15, 0.2) is 0 Å². The van der Waals surface area contributed by atoms with E-state index in [1.54, 1.807) is 4.90 Å². The predicted molar refractivity (Wildman–Crippen MR) is 61.5 cm³/mol. The van der Waals surface area contributed by atoms with Crippen molar-refractivity contribution >= 4 is 5.91 Å². The first-order valence-corrected chi connectivity index (χ1v) is 5.19. The van der Waals surface area contributed by atoms with Gasteiger partial charge in [0, 0.05) is 19.6 Å². The zero-order valence-corrected chi connectivity index (χ0v) is 9.23. The number of rotatable bonds is 0. The maximum absolute atomic E-state index is 11.8. The van der Waals surface area contributed by atoms with Crippen molar-refractivity contribution in [1.82, 2.24) is 14.7 Å². The summed E-state index contributed by atoms with van der Waals surface area (Å²) < 4.78 is 0. The van der Waals surface area contributed by atoms with E-state index < -0.39 is 0 Å². The minimum atomic E-state index is -0.196. The van der Waals surface area contributed by atoms with Crippen molar-refractivity contribution in [3.8, 4) is 6.19 Å². The highest BCUT2D eigenvalue weighted by Crippen LogP contribution is 2.25. The molecule has 0 spiro atoms. The van der Waals surface area contributed by atoms with Gasteiger partial charge < -0.3 is 9.80 Å². The Morgan fingerprint density at radius 3 is 2.69 bits per heavy atom. The first kappa shape index (κ1) is 12.8. The molecular weight excluding hydrogens is 204 g/mol. The van der Waals surface area contributed by atoms with Crippen molar-refractivity contribution in [3.63, 3.8) is 0 Å². The van der Waals surface area contributed by atoms with E-state index in [0.717, 1.165) is 19.6 Å². The van der Waals surface area contributed by atoms with Crippen molar-refractivity contribution in [3.05, 3.63) is 0 Å². The third-order valence-corrected chi connectivity index (χ3v) is 3.27. The summed E-state index contributed by atoms with van der Waals surface area (Å²) in [5, 5.41) is 8.87. The van der Waals surface area contributed by atoms with Crippen molar-refractivity contribution in [2.24, 2.45) is 0 Å². The Labute approximate surface area is 97.2 Å². The number of carbonyl (C=O) groups is 1. The molecule has 2 aliphatic rings. The molecule has 0 aromatic heterocycles. The van der Waals surface area contributed by atoms with Crippen LogP contribution in [0.3, 0.4) is 0 Å². The summed E-state index contributed by atoms with van der Waals surface area (Å²) in [5.41, 5.74) is -0.196. The van der Waals surface area contributed by atoms with Crippen LogP contribution in [-0.2, 0) is 4.79 Å². The Hall–Kier alpha value is -1.28. The molecule has 0 aromatic carbocycles. The number of likely N-dealkylation sites (N-methyl/N-ethyl adjacent to an activating group) is 1. The second-order valence-corrected chi connectivity index (χ2v) is 4.74. The average molecular weight is 224 g/mol. The highest BCUT2D eigenvalue weighted by Gasteiger charge is 2.44. The van der Waals surface area contributed by atoms with Gasteiger partial charge in [0.25, 0.3) is 0 Å². The van der Waals surface area contributed by atoms with Crippen LogP contribution in [0.4, 0.5) is 0 Å². The SMILES string of the molecule is C.CN1CCN2C(=O)CN(C#N)CC2(C)C1. The molecule has 1 atom stereocenters. The molecule has 0 N–H and O–H groups in total. The normalized spacial score (nSPS) is 30.4. The molecule has 0 bridgehead atoms. The number of nitrogens with zero attached hydrogens (tertiary/aromatic N) is 4. The molecule has 0 saturated carbocycles. The molecule has 2 fully saturated rings. The molecule has 0 radical (unpaired) electrons. The molecule has 5 nitrogen and oxygen atoms in total. The van der Waals surface area contributed by atoms with Crippen molar-refractivity contribution in [1.29, 1.82) is 5.26 Å². The number of hydrogen-bond acceptors (Lipinski definition) is 4. The summed E-state index contributed by atoms with van der Waals surface area (Å²) in [4.78, 5) is 17.5. The van der Waals surface area contributed by atoms with Crippen LogP contribution in [0.2, 0.25) is 0 Å². The third-order valence-electron chi connectivity index (χ3n) is 3.27. The fourth-order valence-corrected chi connectivity index (χ4v) is 2.63. The number of hydrogen-bond donors (Lipinski definition) is 0. The molecule has 1 amide bonds. The Bertz CT molecular complexity index is 324. The molecule has 90 valence electrons. The maximum Gasteiger partial charge on any atom is 0.243 e. The molecule has 0 aromatic rings. The first-order chi connectivity index (χ1) is 7.05. The van der Waals surface area contributed by atoms with Gasteiger partial charge in [-0.3, -0.25) is 9.69 Å². The lowest BCUT2D eigenvalue weighted by Crippen LogP contribution is -2.69. The second-order valence-electron chi connectivity index (χ2n) is 4.74. The molecular formula is C11H20N4O. The van der Waals surface area contributed by atoms with E-state index in [1.165, 1.54) is 0 Å². The van der Waals surface area contributed by atoms with Crippen LogP contribution in [-0.4, -0.2) is 65.9 Å². The fourth-order valence-electron chi connectivity index (χ4n) is 2.63. The van der Waals surface area contributed by atoms with Gasteiger partial charge in [-0.2, -0.15) is 5.26 Å². The largest absolute Gasteiger partial charge is 0.331 e. The van der Waals surface area contributed by atoms with E-state index in [1.807, 2.05) is 4.90 Å². The van der Waals surface area contributed by atoms with Gasteiger partial charge in [0.2, 0.25) is 5.91 Å². The number of fused-ring (bicyclic) bond motifs is 1. The lowest BCUT2D eigenvalue weighted by Gasteiger charge is -2.52. The van der Waals surface area contributed by atoms with E-state index in [-0.39, 0.29) is 25.4 Å². The fraction of sp³-hybridized carbons (Fsp3) is 0.818. The van der Waals surface area contributed by atoms with E-state index in [2.05, 4.69) is 25.1 Å². The Balaban J connectivity index is 0.00000128. The molecule has 2 aliphatic heterocycles. The monoisotopic (exact) mass is 224 g/mol. The van der Waals surface area contributed by atoms with Gasteiger partial charge in [-0.15, -0.1) is 0 Å². The average Bonchev–Trinajstić information content (AvgIpc) is 2.15. The van der Waals surface area contributed by atoms with Crippen LogP contribution >= 0.6 is 0 Å². The highest BCUT2D eigenvalue weighted by molar-refractivity contribution is 5.80. The zero-order valence-electron chi connectivity index (χ0n) is 9.23. The van der Waals surface area contributed by atoms with Gasteiger partial charge >= 0.3 is 0 Å². The molecule has 1 unspecified atom stereocenters. The smallest absolute Gasteiger partial charge is 0.243 e. The topological polar surface area (TPSA) is 50.6 Å². The zero-order chi connectivity index (χ0) is 11.1. The van der Waals surface area contributed by atoms with Crippen molar-refractivity contribution in [2.45, 2.75) is 19.9 Å². The molecule has 16 heavy (non-hydrogen) atoms. The second kappa shape index (κ2) is 4.30. The summed E-state index contributed by atoms with van der Waals surface area (Å²) in [6.07, 6.45) is 2.07. The van der Waals surface area contributed by atoms with E-state index in [4.69, 9.17) is 5.26 Å². The maximum atomic E-state index is 11.8. The van der Waals surface area contributed by atoms with Crippen LogP contribution in [0.5, 0.6) is 0 Å². The summed E-state index contributed by atoms with van der Waals surface area (Å²) in [6.45, 7) is 5.51. The number of nitriles is 1. The van der Waals surface area contributed by atoms with Crippen LogP contribution in [0, 0.1) is 11.5 Å². The molecule has 2 saturated heterocycles. The summed E-state index contributed by atoms with van der Waals surface area (Å²) in [7, 11) is 2.05. The number of piperazine rings is 2. The van der Waals surface area contributed by atoms with Crippen LogP contribution in [0.25, 0.3) is 0 Å². The van der Waals surface area contributed by atoms with Gasteiger partial charge in [-0.05, 0) is 14.0 Å². The molecule has 0 aliphatic carbocycles. The van der Waals surface area contributed by atoms with E-state index in [9.17, 15) is 4.79 Å². The van der Waals surface area contributed by atoms with Crippen LogP contribution < -0.4 is 0 Å². The van der Waals surface area contributed by atoms with Gasteiger partial charge in [0.15, 0.2) is 6.19 Å². The minimum Gasteiger partial charge on any atom is -0.331 e. The lowest BCUT2D eigenvalue weighted by molar-refractivity contribution is -0.148. The minimum absolute atomic E-state index is 0. The molecule has 5 heteroatoms. The Kier molecular flexibility index (Phi) is 3.44. The Morgan fingerprint density at radius 2 is 2.06 bits per heavy atom. The number of carbonyl (C=O) groups excluding carboxylic acids is 1. The first-order valence-electron chi connectivity index (χ1n) is 5.19. The van der Waals surface area contributed by atoms with Gasteiger partial charge in [0.05, 0.1) is 12.1 Å². The lowest BCUT2D eigenvalue weighted by atomic mass is 9.93. The predicted octanol–water partition coefficient (Wildman–Crippen LogP) is -0.0481. The molecule has 2 heterocycles. The quantitative estimate of drug-likeness (QED) is 0.541. The third kappa shape index (κ3) is 1.98. The van der Waals surface area contributed by atoms with Crippen molar-refractivity contribution < 1.29 is 4.79 Å². The standard InChI is InChI=1S/C10H16N4O.CH4/c1-10-6-12(2)3-4-14(10)9(15)5-13(7-10)8-11;/h3-7H2,1-2H3;1H4. The Morgan fingerprint density at radius 1 is 1.38 bits per heavy atom. The van der Waals surface area contributed by atoms with Gasteiger partial charge in [0.1, 0.15) is 6.54 Å². The van der Waals surface area contributed by atoms with Gasteiger partial charge in [-0.25, -0.2) is 0 Å².